The molecule has 0 amide bonds. The summed E-state index contributed by atoms with van der Waals surface area (Å²) in [5.74, 6) is -1.01. The molecule has 0 aliphatic carbocycles. The summed E-state index contributed by atoms with van der Waals surface area (Å²) in [5, 5.41) is 0.426. The monoisotopic (exact) mass is 362 g/mol. The van der Waals surface area contributed by atoms with Gasteiger partial charge in [0.1, 0.15) is 5.75 Å². The topological polar surface area (TPSA) is 35.5 Å². The number of carbonyl (C=O) groups is 1. The number of halogens is 4. The lowest BCUT2D eigenvalue weighted by Crippen LogP contribution is -2.41. The molecule has 1 unspecified atom stereocenters. The van der Waals surface area contributed by atoms with E-state index in [1.165, 1.54) is 13.0 Å². The first-order chi connectivity index (χ1) is 11.1. The molecule has 1 aromatic rings. The number of esters is 1. The molecule has 1 aromatic carbocycles. The fourth-order valence-electron chi connectivity index (χ4n) is 2.72. The number of ether oxygens (including phenoxy) is 2. The van der Waals surface area contributed by atoms with E-state index < -0.39 is 23.8 Å². The van der Waals surface area contributed by atoms with E-state index in [1.54, 1.807) is 13.0 Å². The molecule has 1 aliphatic heterocycles. The Hall–Kier alpha value is -1.69. The highest BCUT2D eigenvalue weighted by atomic mass is 35.5. The standard InChI is InChI=1S/C17H18ClF3O3/c1-5-23-16(22)11-7-10-13(8(2)3)12(18)6-9(4)14(10)24-15(11)17(19,20)21/h6-8,15H,5H2,1-4H3. The van der Waals surface area contributed by atoms with Gasteiger partial charge in [-0.05, 0) is 43.0 Å². The van der Waals surface area contributed by atoms with E-state index in [0.717, 1.165) is 0 Å². The third-order valence-corrected chi connectivity index (χ3v) is 4.01. The maximum atomic E-state index is 13.4. The summed E-state index contributed by atoms with van der Waals surface area (Å²) in [4.78, 5) is 12.0. The number of aryl methyl sites for hydroxylation is 1. The molecule has 2 rings (SSSR count). The first-order valence-electron chi connectivity index (χ1n) is 7.53. The van der Waals surface area contributed by atoms with Crippen LogP contribution in [0.5, 0.6) is 5.75 Å². The van der Waals surface area contributed by atoms with Crippen molar-refractivity contribution < 1.29 is 27.4 Å². The Balaban J connectivity index is 2.71. The highest BCUT2D eigenvalue weighted by molar-refractivity contribution is 6.31. The SMILES string of the molecule is CCOC(=O)C1=Cc2c(c(C)cc(Cl)c2C(C)C)OC1C(F)(F)F. The van der Waals surface area contributed by atoms with Crippen molar-refractivity contribution in [2.24, 2.45) is 0 Å². The molecule has 0 saturated heterocycles. The summed E-state index contributed by atoms with van der Waals surface area (Å²) in [7, 11) is 0. The van der Waals surface area contributed by atoms with Crippen LogP contribution in [0.2, 0.25) is 5.02 Å². The highest BCUT2D eigenvalue weighted by Gasteiger charge is 2.49. The first-order valence-corrected chi connectivity index (χ1v) is 7.90. The lowest BCUT2D eigenvalue weighted by atomic mass is 9.90. The number of rotatable bonds is 3. The van der Waals surface area contributed by atoms with Crippen molar-refractivity contribution in [3.63, 3.8) is 0 Å². The molecule has 1 heterocycles. The zero-order valence-corrected chi connectivity index (χ0v) is 14.5. The molecule has 132 valence electrons. The summed E-state index contributed by atoms with van der Waals surface area (Å²) >= 11 is 6.25. The normalized spacial score (nSPS) is 17.2. The van der Waals surface area contributed by atoms with Crippen molar-refractivity contribution >= 4 is 23.6 Å². The largest absolute Gasteiger partial charge is 0.475 e. The molecule has 0 bridgehead atoms. The van der Waals surface area contributed by atoms with Gasteiger partial charge in [0.2, 0.25) is 6.10 Å². The number of hydrogen-bond acceptors (Lipinski definition) is 3. The maximum absolute atomic E-state index is 13.4. The van der Waals surface area contributed by atoms with Gasteiger partial charge in [-0.3, -0.25) is 0 Å². The van der Waals surface area contributed by atoms with Gasteiger partial charge >= 0.3 is 12.1 Å². The summed E-state index contributed by atoms with van der Waals surface area (Å²) in [6.07, 6.45) is -5.90. The summed E-state index contributed by atoms with van der Waals surface area (Å²) in [5.41, 5.74) is 0.950. The van der Waals surface area contributed by atoms with Crippen molar-refractivity contribution in [2.75, 3.05) is 6.61 Å². The van der Waals surface area contributed by atoms with Crippen LogP contribution in [0, 0.1) is 6.92 Å². The maximum Gasteiger partial charge on any atom is 0.430 e. The van der Waals surface area contributed by atoms with Gasteiger partial charge in [-0.15, -0.1) is 0 Å². The minimum Gasteiger partial charge on any atom is -0.475 e. The molecule has 0 N–H and O–H groups in total. The van der Waals surface area contributed by atoms with E-state index >= 15 is 0 Å². The molecule has 24 heavy (non-hydrogen) atoms. The van der Waals surface area contributed by atoms with Crippen molar-refractivity contribution in [3.8, 4) is 5.75 Å². The predicted molar refractivity (Wildman–Crippen MR) is 85.4 cm³/mol. The van der Waals surface area contributed by atoms with Gasteiger partial charge in [-0.1, -0.05) is 25.4 Å². The molecule has 0 radical (unpaired) electrons. The Morgan fingerprint density at radius 2 is 2.04 bits per heavy atom. The van der Waals surface area contributed by atoms with Crippen LogP contribution < -0.4 is 4.74 Å². The van der Waals surface area contributed by atoms with Crippen molar-refractivity contribution in [2.45, 2.75) is 45.9 Å². The smallest absolute Gasteiger partial charge is 0.430 e. The lowest BCUT2D eigenvalue weighted by Gasteiger charge is -2.30. The fourth-order valence-corrected chi connectivity index (χ4v) is 3.20. The van der Waals surface area contributed by atoms with Gasteiger partial charge in [0.05, 0.1) is 12.2 Å². The Morgan fingerprint density at radius 1 is 1.42 bits per heavy atom. The zero-order valence-electron chi connectivity index (χ0n) is 13.8. The quantitative estimate of drug-likeness (QED) is 0.706. The minimum absolute atomic E-state index is 0.0286. The van der Waals surface area contributed by atoms with E-state index in [2.05, 4.69) is 0 Å². The van der Waals surface area contributed by atoms with Crippen LogP contribution in [0.1, 0.15) is 43.4 Å². The second-order valence-corrected chi connectivity index (χ2v) is 6.25. The van der Waals surface area contributed by atoms with Crippen LogP contribution in [-0.2, 0) is 9.53 Å². The number of alkyl halides is 3. The van der Waals surface area contributed by atoms with Crippen LogP contribution in [0.15, 0.2) is 11.6 Å². The number of fused-ring (bicyclic) bond motifs is 1. The third kappa shape index (κ3) is 3.38. The van der Waals surface area contributed by atoms with Gasteiger partial charge in [0.15, 0.2) is 0 Å². The summed E-state index contributed by atoms with van der Waals surface area (Å²) in [6, 6.07) is 1.58. The van der Waals surface area contributed by atoms with Gasteiger partial charge in [-0.2, -0.15) is 13.2 Å². The molecule has 3 nitrogen and oxygen atoms in total. The lowest BCUT2D eigenvalue weighted by molar-refractivity contribution is -0.188. The second kappa shape index (κ2) is 6.67. The molecule has 0 aromatic heterocycles. The second-order valence-electron chi connectivity index (χ2n) is 5.85. The van der Waals surface area contributed by atoms with Gasteiger partial charge < -0.3 is 9.47 Å². The molecule has 1 aliphatic rings. The molecular weight excluding hydrogens is 345 g/mol. The first kappa shape index (κ1) is 18.6. The van der Waals surface area contributed by atoms with Crippen molar-refractivity contribution in [1.82, 2.24) is 0 Å². The predicted octanol–water partition coefficient (Wildman–Crippen LogP) is 5.04. The van der Waals surface area contributed by atoms with Gasteiger partial charge in [0.25, 0.3) is 0 Å². The van der Waals surface area contributed by atoms with Crippen LogP contribution in [-0.4, -0.2) is 24.9 Å². The van der Waals surface area contributed by atoms with Crippen LogP contribution in [0.3, 0.4) is 0 Å². The Morgan fingerprint density at radius 3 is 2.54 bits per heavy atom. The van der Waals surface area contributed by atoms with E-state index in [0.29, 0.717) is 21.7 Å². The molecule has 7 heteroatoms. The Bertz CT molecular complexity index is 693. The van der Waals surface area contributed by atoms with Gasteiger partial charge in [0, 0.05) is 10.6 Å². The van der Waals surface area contributed by atoms with E-state index in [1.807, 2.05) is 13.8 Å². The van der Waals surface area contributed by atoms with Crippen molar-refractivity contribution in [3.05, 3.63) is 33.4 Å². The molecule has 1 atom stereocenters. The van der Waals surface area contributed by atoms with E-state index in [9.17, 15) is 18.0 Å². The van der Waals surface area contributed by atoms with Crippen molar-refractivity contribution in [1.29, 1.82) is 0 Å². The highest BCUT2D eigenvalue weighted by Crippen LogP contribution is 2.44. The number of hydrogen-bond donors (Lipinski definition) is 0. The molecule has 0 saturated carbocycles. The zero-order chi connectivity index (χ0) is 18.2. The van der Waals surface area contributed by atoms with E-state index in [4.69, 9.17) is 21.1 Å². The third-order valence-electron chi connectivity index (χ3n) is 3.70. The van der Waals surface area contributed by atoms with E-state index in [-0.39, 0.29) is 18.3 Å². The molecule has 0 spiro atoms. The van der Waals surface area contributed by atoms with Crippen LogP contribution in [0.4, 0.5) is 13.2 Å². The average Bonchev–Trinajstić information content (AvgIpc) is 2.44. The fraction of sp³-hybridized carbons (Fsp3) is 0.471. The summed E-state index contributed by atoms with van der Waals surface area (Å²) in [6.45, 7) is 6.85. The average molecular weight is 363 g/mol. The number of benzene rings is 1. The Kier molecular flexibility index (Phi) is 5.18. The van der Waals surface area contributed by atoms with Crippen LogP contribution >= 0.6 is 11.6 Å². The molecule has 0 fully saturated rings. The minimum atomic E-state index is -4.74. The Labute approximate surface area is 143 Å². The molecular formula is C17H18ClF3O3. The summed E-state index contributed by atoms with van der Waals surface area (Å²) < 4.78 is 50.0. The number of carbonyl (C=O) groups excluding carboxylic acids is 1. The van der Waals surface area contributed by atoms with Gasteiger partial charge in [-0.25, -0.2) is 4.79 Å². The van der Waals surface area contributed by atoms with Crippen LogP contribution in [0.25, 0.3) is 6.08 Å².